The molecular formula is C19H12Cl2NO4S2-. The van der Waals surface area contributed by atoms with E-state index in [4.69, 9.17) is 40.2 Å². The Morgan fingerprint density at radius 1 is 1.25 bits per heavy atom. The van der Waals surface area contributed by atoms with Crippen LogP contribution in [0.1, 0.15) is 11.1 Å². The van der Waals surface area contributed by atoms with Crippen molar-refractivity contribution in [3.8, 4) is 5.75 Å². The Balaban J connectivity index is 1.73. The molecule has 28 heavy (non-hydrogen) atoms. The third kappa shape index (κ3) is 5.05. The second-order valence-electron chi connectivity index (χ2n) is 5.74. The van der Waals surface area contributed by atoms with Crippen LogP contribution in [0.25, 0.3) is 6.08 Å². The number of amides is 1. The van der Waals surface area contributed by atoms with Gasteiger partial charge in [-0.25, -0.2) is 0 Å². The normalized spacial score (nSPS) is 15.4. The zero-order valence-electron chi connectivity index (χ0n) is 14.2. The average Bonchev–Trinajstić information content (AvgIpc) is 2.88. The highest BCUT2D eigenvalue weighted by Gasteiger charge is 2.31. The monoisotopic (exact) mass is 452 g/mol. The summed E-state index contributed by atoms with van der Waals surface area (Å²) < 4.78 is 5.95. The van der Waals surface area contributed by atoms with Crippen molar-refractivity contribution >= 4 is 69.5 Å². The van der Waals surface area contributed by atoms with Crippen molar-refractivity contribution in [2.45, 2.75) is 6.61 Å². The molecule has 2 aromatic rings. The van der Waals surface area contributed by atoms with Crippen LogP contribution in [-0.2, 0) is 16.2 Å². The van der Waals surface area contributed by atoms with Gasteiger partial charge < -0.3 is 14.6 Å². The molecule has 1 fully saturated rings. The Morgan fingerprint density at radius 2 is 2.04 bits per heavy atom. The maximum Gasteiger partial charge on any atom is 0.266 e. The first-order valence-electron chi connectivity index (χ1n) is 7.95. The number of nitrogens with zero attached hydrogens (tertiary/aromatic N) is 1. The predicted molar refractivity (Wildman–Crippen MR) is 112 cm³/mol. The van der Waals surface area contributed by atoms with Crippen molar-refractivity contribution in [3.05, 3.63) is 68.5 Å². The van der Waals surface area contributed by atoms with Gasteiger partial charge in [0.15, 0.2) is 0 Å². The first-order chi connectivity index (χ1) is 13.3. The summed E-state index contributed by atoms with van der Waals surface area (Å²) in [7, 11) is 0. The predicted octanol–water partition coefficient (Wildman–Crippen LogP) is 3.52. The lowest BCUT2D eigenvalue weighted by Gasteiger charge is -2.14. The van der Waals surface area contributed by atoms with Gasteiger partial charge in [0.1, 0.15) is 16.7 Å². The Bertz CT molecular complexity index is 994. The van der Waals surface area contributed by atoms with E-state index in [1.165, 1.54) is 0 Å². The molecule has 0 unspecified atom stereocenters. The smallest absolute Gasteiger partial charge is 0.266 e. The molecular weight excluding hydrogens is 441 g/mol. The van der Waals surface area contributed by atoms with Crippen molar-refractivity contribution in [1.82, 2.24) is 4.90 Å². The number of hydrogen-bond donors (Lipinski definition) is 0. The van der Waals surface area contributed by atoms with Crippen LogP contribution in [0.3, 0.4) is 0 Å². The van der Waals surface area contributed by atoms with Crippen molar-refractivity contribution in [3.63, 3.8) is 0 Å². The Kier molecular flexibility index (Phi) is 6.61. The van der Waals surface area contributed by atoms with Gasteiger partial charge in [0.05, 0.1) is 17.4 Å². The topological polar surface area (TPSA) is 69.7 Å². The highest BCUT2D eigenvalue weighted by atomic mass is 35.5. The summed E-state index contributed by atoms with van der Waals surface area (Å²) in [5.41, 5.74) is 1.51. The summed E-state index contributed by atoms with van der Waals surface area (Å²) in [6.07, 6.45) is 1.64. The number of carboxylic acid groups (broad SMARTS) is 1. The van der Waals surface area contributed by atoms with Crippen molar-refractivity contribution in [2.75, 3.05) is 6.54 Å². The largest absolute Gasteiger partial charge is 0.548 e. The van der Waals surface area contributed by atoms with Gasteiger partial charge in [-0.2, -0.15) is 0 Å². The van der Waals surface area contributed by atoms with E-state index in [2.05, 4.69) is 0 Å². The Hall–Kier alpha value is -2.06. The van der Waals surface area contributed by atoms with E-state index in [9.17, 15) is 14.7 Å². The Labute approximate surface area is 180 Å². The standard InChI is InChI=1S/C19H13Cl2NO4S2/c20-13-5-4-12(15(21)8-13)10-26-14-3-1-2-11(6-14)7-16-18(25)22(9-17(23)24)19(27)28-16/h1-8H,9-10H2,(H,23,24)/p-1/b16-7+. The van der Waals surface area contributed by atoms with Gasteiger partial charge >= 0.3 is 0 Å². The van der Waals surface area contributed by atoms with E-state index < -0.39 is 18.4 Å². The number of carbonyl (C=O) groups excluding carboxylic acids is 2. The SMILES string of the molecule is O=C([O-])CN1C(=O)/C(=C\c2cccc(OCc3ccc(Cl)cc3Cl)c2)SC1=S. The van der Waals surface area contributed by atoms with E-state index in [1.54, 1.807) is 48.5 Å². The van der Waals surface area contributed by atoms with E-state index >= 15 is 0 Å². The van der Waals surface area contributed by atoms with E-state index in [0.29, 0.717) is 26.3 Å². The van der Waals surface area contributed by atoms with Gasteiger partial charge in [0.25, 0.3) is 5.91 Å². The van der Waals surface area contributed by atoms with Gasteiger partial charge in [0.2, 0.25) is 0 Å². The number of hydrogen-bond acceptors (Lipinski definition) is 6. The number of halogens is 2. The van der Waals surface area contributed by atoms with Crippen molar-refractivity contribution < 1.29 is 19.4 Å². The molecule has 1 saturated heterocycles. The lowest BCUT2D eigenvalue weighted by atomic mass is 10.2. The molecule has 0 aliphatic carbocycles. The summed E-state index contributed by atoms with van der Waals surface area (Å²) in [5.74, 6) is -1.24. The zero-order chi connectivity index (χ0) is 20.3. The highest BCUT2D eigenvalue weighted by molar-refractivity contribution is 8.26. The van der Waals surface area contributed by atoms with Crippen LogP contribution in [0.15, 0.2) is 47.4 Å². The average molecular weight is 453 g/mol. The number of carboxylic acids is 1. The van der Waals surface area contributed by atoms with Gasteiger partial charge in [-0.15, -0.1) is 0 Å². The van der Waals surface area contributed by atoms with Gasteiger partial charge in [-0.05, 0) is 35.9 Å². The number of rotatable bonds is 6. The minimum Gasteiger partial charge on any atom is -0.548 e. The molecule has 2 aromatic carbocycles. The quantitative estimate of drug-likeness (QED) is 0.493. The fourth-order valence-corrected chi connectivity index (χ4v) is 4.13. The van der Waals surface area contributed by atoms with Crippen LogP contribution in [0.4, 0.5) is 0 Å². The van der Waals surface area contributed by atoms with Crippen LogP contribution in [0.5, 0.6) is 5.75 Å². The number of thioether (sulfide) groups is 1. The van der Waals surface area contributed by atoms with Crippen LogP contribution in [0.2, 0.25) is 10.0 Å². The molecule has 0 spiro atoms. The number of thiocarbonyl (C=S) groups is 1. The molecule has 5 nitrogen and oxygen atoms in total. The third-order valence-electron chi connectivity index (χ3n) is 3.73. The molecule has 0 saturated carbocycles. The second-order valence-corrected chi connectivity index (χ2v) is 8.26. The van der Waals surface area contributed by atoms with Gasteiger partial charge in [0, 0.05) is 15.6 Å². The maximum absolute atomic E-state index is 12.3. The highest BCUT2D eigenvalue weighted by Crippen LogP contribution is 2.32. The molecule has 1 aliphatic rings. The van der Waals surface area contributed by atoms with Gasteiger partial charge in [-0.3, -0.25) is 9.69 Å². The first-order valence-corrected chi connectivity index (χ1v) is 9.93. The fourth-order valence-electron chi connectivity index (χ4n) is 2.41. The van der Waals surface area contributed by atoms with Crippen molar-refractivity contribution in [2.24, 2.45) is 0 Å². The molecule has 144 valence electrons. The number of aliphatic carboxylic acids is 1. The third-order valence-corrected chi connectivity index (χ3v) is 5.69. The molecule has 0 atom stereocenters. The van der Waals surface area contributed by atoms with E-state index in [-0.39, 0.29) is 10.9 Å². The molecule has 0 radical (unpaired) electrons. The number of carbonyl (C=O) groups is 2. The number of benzene rings is 2. The summed E-state index contributed by atoms with van der Waals surface area (Å²) in [6.45, 7) is -0.305. The summed E-state index contributed by atoms with van der Waals surface area (Å²) in [6, 6.07) is 12.3. The molecule has 1 amide bonds. The van der Waals surface area contributed by atoms with Crippen LogP contribution >= 0.6 is 47.2 Å². The minimum atomic E-state index is -1.37. The molecule has 1 heterocycles. The first kappa shape index (κ1) is 20.7. The van der Waals surface area contributed by atoms with Crippen LogP contribution in [-0.4, -0.2) is 27.6 Å². The molecule has 3 rings (SSSR count). The fraction of sp³-hybridized carbons (Fsp3) is 0.105. The maximum atomic E-state index is 12.3. The van der Waals surface area contributed by atoms with Crippen LogP contribution < -0.4 is 9.84 Å². The van der Waals surface area contributed by atoms with E-state index in [1.807, 2.05) is 0 Å². The molecule has 1 aliphatic heterocycles. The van der Waals surface area contributed by atoms with E-state index in [0.717, 1.165) is 22.2 Å². The minimum absolute atomic E-state index is 0.185. The summed E-state index contributed by atoms with van der Waals surface area (Å²) in [5, 5.41) is 11.8. The lowest BCUT2D eigenvalue weighted by molar-refractivity contribution is -0.305. The molecule has 9 heteroatoms. The van der Waals surface area contributed by atoms with Crippen LogP contribution in [0, 0.1) is 0 Å². The molecule has 0 bridgehead atoms. The van der Waals surface area contributed by atoms with Crippen molar-refractivity contribution in [1.29, 1.82) is 0 Å². The number of ether oxygens (including phenoxy) is 1. The molecule has 0 N–H and O–H groups in total. The second kappa shape index (κ2) is 8.96. The van der Waals surface area contributed by atoms with Gasteiger partial charge in [-0.1, -0.05) is 65.4 Å². The lowest BCUT2D eigenvalue weighted by Crippen LogP contribution is -2.40. The zero-order valence-corrected chi connectivity index (χ0v) is 17.3. The Morgan fingerprint density at radius 3 is 2.75 bits per heavy atom. The molecule has 0 aromatic heterocycles. The summed E-state index contributed by atoms with van der Waals surface area (Å²) >= 11 is 18.1. The summed E-state index contributed by atoms with van der Waals surface area (Å²) in [4.78, 5) is 24.4.